The SMILES string of the molecule is CON=C(C(=O)NC1C(=O)N2C(C(=O)O)=C(CSc3nncs3)CS[C@H]12)C1(C)OCCO1. The maximum atomic E-state index is 12.9. The minimum absolute atomic E-state index is 0.0542. The summed E-state index contributed by atoms with van der Waals surface area (Å²) in [5.41, 5.74) is 1.99. The van der Waals surface area contributed by atoms with Gasteiger partial charge >= 0.3 is 5.97 Å². The number of oxime groups is 1. The van der Waals surface area contributed by atoms with Crippen LogP contribution in [-0.4, -0.2) is 92.7 Å². The first-order valence-corrected chi connectivity index (χ1v) is 12.3. The summed E-state index contributed by atoms with van der Waals surface area (Å²) in [6.07, 6.45) is 0. The van der Waals surface area contributed by atoms with Gasteiger partial charge in [0.05, 0.1) is 13.2 Å². The highest BCUT2D eigenvalue weighted by Crippen LogP contribution is 2.41. The molecular weight excluding hydrogens is 482 g/mol. The predicted molar refractivity (Wildman–Crippen MR) is 115 cm³/mol. The molecule has 2 atom stereocenters. The fraction of sp³-hybridized carbons (Fsp3) is 0.529. The Kier molecular flexibility index (Phi) is 6.71. The first-order valence-electron chi connectivity index (χ1n) is 9.35. The summed E-state index contributed by atoms with van der Waals surface area (Å²) in [6, 6.07) is -0.911. The molecule has 0 radical (unpaired) electrons. The second kappa shape index (κ2) is 9.35. The zero-order chi connectivity index (χ0) is 22.9. The molecule has 0 spiro atoms. The number of nitrogens with zero attached hydrogens (tertiary/aromatic N) is 4. The van der Waals surface area contributed by atoms with Gasteiger partial charge in [0.15, 0.2) is 4.34 Å². The molecule has 1 unspecified atom stereocenters. The third-order valence-electron chi connectivity index (χ3n) is 4.91. The molecule has 172 valence electrons. The van der Waals surface area contributed by atoms with E-state index in [1.807, 2.05) is 0 Å². The number of β-lactam (4-membered cyclic amide) rings is 1. The van der Waals surface area contributed by atoms with Crippen molar-refractivity contribution in [3.05, 3.63) is 16.8 Å². The van der Waals surface area contributed by atoms with Gasteiger partial charge in [-0.15, -0.1) is 22.0 Å². The van der Waals surface area contributed by atoms with Crippen molar-refractivity contribution < 1.29 is 33.8 Å². The predicted octanol–water partition coefficient (Wildman–Crippen LogP) is 0.134. The van der Waals surface area contributed by atoms with Crippen LogP contribution in [0, 0.1) is 0 Å². The zero-order valence-electron chi connectivity index (χ0n) is 17.0. The Morgan fingerprint density at radius 3 is 2.84 bits per heavy atom. The lowest BCUT2D eigenvalue weighted by Gasteiger charge is -2.49. The van der Waals surface area contributed by atoms with E-state index in [0.717, 1.165) is 0 Å². The quantitative estimate of drug-likeness (QED) is 0.216. The van der Waals surface area contributed by atoms with Gasteiger partial charge in [-0.05, 0) is 12.5 Å². The first kappa shape index (κ1) is 23.0. The van der Waals surface area contributed by atoms with Crippen molar-refractivity contribution in [3.63, 3.8) is 0 Å². The molecule has 15 heteroatoms. The second-order valence-electron chi connectivity index (χ2n) is 6.88. The van der Waals surface area contributed by atoms with Crippen molar-refractivity contribution in [2.24, 2.45) is 5.16 Å². The lowest BCUT2D eigenvalue weighted by Crippen LogP contribution is -2.71. The molecule has 3 aliphatic heterocycles. The van der Waals surface area contributed by atoms with Gasteiger partial charge in [0.2, 0.25) is 11.5 Å². The molecule has 0 aliphatic carbocycles. The number of carbonyl (C=O) groups excluding carboxylic acids is 2. The van der Waals surface area contributed by atoms with Crippen molar-refractivity contribution in [1.82, 2.24) is 20.4 Å². The van der Waals surface area contributed by atoms with Crippen molar-refractivity contribution >= 4 is 58.4 Å². The molecule has 0 saturated carbocycles. The number of fused-ring (bicyclic) bond motifs is 1. The number of carboxylic acids is 1. The Bertz CT molecular complexity index is 977. The molecule has 2 saturated heterocycles. The fourth-order valence-corrected chi connectivity index (χ4v) is 6.43. The first-order chi connectivity index (χ1) is 15.4. The molecule has 4 rings (SSSR count). The van der Waals surface area contributed by atoms with Gasteiger partial charge in [-0.2, -0.15) is 0 Å². The van der Waals surface area contributed by atoms with Crippen LogP contribution in [-0.2, 0) is 28.7 Å². The summed E-state index contributed by atoms with van der Waals surface area (Å²) < 4.78 is 11.7. The molecule has 3 aliphatic rings. The van der Waals surface area contributed by atoms with E-state index in [-0.39, 0.29) is 24.6 Å². The number of nitrogens with one attached hydrogen (secondary N) is 1. The maximum Gasteiger partial charge on any atom is 0.352 e. The molecule has 1 aromatic rings. The second-order valence-corrected chi connectivity index (χ2v) is 10.0. The van der Waals surface area contributed by atoms with Crippen molar-refractivity contribution in [1.29, 1.82) is 0 Å². The van der Waals surface area contributed by atoms with Crippen molar-refractivity contribution in [3.8, 4) is 0 Å². The Labute approximate surface area is 194 Å². The number of hydrogen-bond acceptors (Lipinski definition) is 12. The molecule has 32 heavy (non-hydrogen) atoms. The number of ether oxygens (including phenoxy) is 2. The lowest BCUT2D eigenvalue weighted by atomic mass is 10.0. The topological polar surface area (TPSA) is 153 Å². The average molecular weight is 502 g/mol. The van der Waals surface area contributed by atoms with Crippen LogP contribution in [0.15, 0.2) is 26.3 Å². The van der Waals surface area contributed by atoms with E-state index in [2.05, 4.69) is 20.7 Å². The normalized spacial score (nSPS) is 24.8. The number of carboxylic acid groups (broad SMARTS) is 1. The maximum absolute atomic E-state index is 12.9. The van der Waals surface area contributed by atoms with Crippen LogP contribution in [0.25, 0.3) is 0 Å². The van der Waals surface area contributed by atoms with E-state index in [4.69, 9.17) is 14.3 Å². The number of aliphatic carboxylic acids is 1. The van der Waals surface area contributed by atoms with Gasteiger partial charge in [-0.3, -0.25) is 14.5 Å². The molecule has 2 fully saturated rings. The van der Waals surface area contributed by atoms with Crippen LogP contribution in [0.3, 0.4) is 0 Å². The molecule has 0 bridgehead atoms. The Hall–Kier alpha value is -2.20. The molecule has 2 amide bonds. The van der Waals surface area contributed by atoms with Crippen LogP contribution < -0.4 is 5.32 Å². The third-order valence-corrected chi connectivity index (χ3v) is 8.20. The van der Waals surface area contributed by atoms with Gasteiger partial charge in [0.25, 0.3) is 11.8 Å². The highest BCUT2D eigenvalue weighted by atomic mass is 32.2. The van der Waals surface area contributed by atoms with Gasteiger partial charge in [0, 0.05) is 11.5 Å². The van der Waals surface area contributed by atoms with Crippen LogP contribution in [0.1, 0.15) is 6.92 Å². The number of hydrogen-bond donors (Lipinski definition) is 2. The van der Waals surface area contributed by atoms with Gasteiger partial charge in [-0.1, -0.05) is 28.3 Å². The smallest absolute Gasteiger partial charge is 0.352 e. The van der Waals surface area contributed by atoms with E-state index >= 15 is 0 Å². The fourth-order valence-electron chi connectivity index (χ4n) is 3.45. The van der Waals surface area contributed by atoms with E-state index in [9.17, 15) is 19.5 Å². The van der Waals surface area contributed by atoms with E-state index in [1.165, 1.54) is 53.8 Å². The highest BCUT2D eigenvalue weighted by Gasteiger charge is 2.55. The Morgan fingerprint density at radius 1 is 1.47 bits per heavy atom. The van der Waals surface area contributed by atoms with Crippen LogP contribution in [0.2, 0.25) is 0 Å². The molecule has 4 heterocycles. The van der Waals surface area contributed by atoms with Crippen molar-refractivity contribution in [2.45, 2.75) is 28.5 Å². The van der Waals surface area contributed by atoms with Gasteiger partial charge < -0.3 is 24.7 Å². The molecule has 2 N–H and O–H groups in total. The van der Waals surface area contributed by atoms with Gasteiger partial charge in [-0.25, -0.2) is 4.79 Å². The molecule has 1 aromatic heterocycles. The molecular formula is C17H19N5O7S3. The number of carbonyl (C=O) groups is 3. The summed E-state index contributed by atoms with van der Waals surface area (Å²) in [4.78, 5) is 43.6. The molecule has 12 nitrogen and oxygen atoms in total. The van der Waals surface area contributed by atoms with E-state index in [1.54, 1.807) is 5.51 Å². The zero-order valence-corrected chi connectivity index (χ0v) is 19.4. The number of aromatic nitrogens is 2. The third kappa shape index (κ3) is 4.22. The van der Waals surface area contributed by atoms with Crippen LogP contribution in [0.4, 0.5) is 0 Å². The van der Waals surface area contributed by atoms with Crippen LogP contribution >= 0.6 is 34.9 Å². The monoisotopic (exact) mass is 501 g/mol. The Morgan fingerprint density at radius 2 is 2.22 bits per heavy atom. The standard InChI is InChI=1S/C17H19N5O7S3/c1-17(28-3-4-29-17)11(21-27-2)12(23)19-9-13(24)22-10(15(25)26)8(5-30-14(9)22)6-31-16-20-18-7-32-16/h7,9,14H,3-6H2,1-2H3,(H,19,23)(H,25,26)/t9?,14-/m1/s1. The average Bonchev–Trinajstić information content (AvgIpc) is 3.45. The summed E-state index contributed by atoms with van der Waals surface area (Å²) in [5.74, 6) is -3.02. The minimum atomic E-state index is -1.40. The largest absolute Gasteiger partial charge is 0.477 e. The van der Waals surface area contributed by atoms with Crippen LogP contribution in [0.5, 0.6) is 0 Å². The number of amides is 2. The lowest BCUT2D eigenvalue weighted by molar-refractivity contribution is -0.150. The Balaban J connectivity index is 1.48. The minimum Gasteiger partial charge on any atom is -0.477 e. The summed E-state index contributed by atoms with van der Waals surface area (Å²) in [6.45, 7) is 2.10. The number of rotatable bonds is 8. The summed E-state index contributed by atoms with van der Waals surface area (Å²) in [5, 5.41) is 23.3. The summed E-state index contributed by atoms with van der Waals surface area (Å²) >= 11 is 4.10. The molecule has 0 aromatic carbocycles. The number of thioether (sulfide) groups is 2. The van der Waals surface area contributed by atoms with Gasteiger partial charge in [0.1, 0.15) is 29.7 Å². The summed E-state index contributed by atoms with van der Waals surface area (Å²) in [7, 11) is 1.28. The highest BCUT2D eigenvalue weighted by molar-refractivity contribution is 8.01. The van der Waals surface area contributed by atoms with E-state index < -0.39 is 35.0 Å². The van der Waals surface area contributed by atoms with Crippen molar-refractivity contribution in [2.75, 3.05) is 31.8 Å². The van der Waals surface area contributed by atoms with E-state index in [0.29, 0.717) is 21.4 Å².